The molecule has 1 aliphatic rings. The number of fused-ring (bicyclic) bond motifs is 1. The van der Waals surface area contributed by atoms with Gasteiger partial charge in [0.05, 0.1) is 0 Å². The third kappa shape index (κ3) is 2.59. The van der Waals surface area contributed by atoms with Crippen LogP contribution in [0.1, 0.15) is 5.56 Å². The Bertz CT molecular complexity index is 273. The van der Waals surface area contributed by atoms with Crippen LogP contribution in [0.25, 0.3) is 6.08 Å². The van der Waals surface area contributed by atoms with Crippen LogP contribution in [0.2, 0.25) is 0 Å². The van der Waals surface area contributed by atoms with Gasteiger partial charge < -0.3 is 4.74 Å². The van der Waals surface area contributed by atoms with Crippen LogP contribution in [-0.4, -0.2) is 6.61 Å². The molecule has 1 heterocycles. The van der Waals surface area contributed by atoms with E-state index >= 15 is 0 Å². The molecule has 0 aromatic heterocycles. The third-order valence-electron chi connectivity index (χ3n) is 1.55. The summed E-state index contributed by atoms with van der Waals surface area (Å²) >= 11 is 0. The summed E-state index contributed by atoms with van der Waals surface area (Å²) in [6.45, 7) is 0.705. The van der Waals surface area contributed by atoms with Crippen molar-refractivity contribution in [2.45, 2.75) is 0 Å². The summed E-state index contributed by atoms with van der Waals surface area (Å²) < 4.78 is 5.34. The van der Waals surface area contributed by atoms with E-state index in [-0.39, 0.29) is 42.8 Å². The van der Waals surface area contributed by atoms with Crippen LogP contribution in [0.15, 0.2) is 30.3 Å². The fourth-order valence-electron chi connectivity index (χ4n) is 1.06. The Labute approximate surface area is 101 Å². The van der Waals surface area contributed by atoms with Gasteiger partial charge >= 0.3 is 0 Å². The van der Waals surface area contributed by atoms with Crippen molar-refractivity contribution in [3.8, 4) is 5.75 Å². The monoisotopic (exact) mass is 364 g/mol. The third-order valence-corrected chi connectivity index (χ3v) is 1.55. The molecule has 60 valence electrons. The van der Waals surface area contributed by atoms with E-state index in [1.165, 1.54) is 5.56 Å². The molecule has 0 saturated heterocycles. The normalized spacial score (nSPS) is 11.7. The second kappa shape index (κ2) is 5.75. The van der Waals surface area contributed by atoms with Gasteiger partial charge in [0.25, 0.3) is 0 Å². The predicted molar refractivity (Wildman–Crippen MR) is 41.0 cm³/mol. The Morgan fingerprint density at radius 1 is 1.17 bits per heavy atom. The number of hydrogen-bond acceptors (Lipinski definition) is 1. The van der Waals surface area contributed by atoms with Crippen LogP contribution in [0.3, 0.4) is 0 Å². The molecule has 0 fully saturated rings. The molecule has 0 aliphatic carbocycles. The summed E-state index contributed by atoms with van der Waals surface area (Å²) in [5.74, 6) is 0.991. The summed E-state index contributed by atoms with van der Waals surface area (Å²) in [5, 5.41) is 0. The van der Waals surface area contributed by atoms with Crippen LogP contribution in [0, 0.1) is 0 Å². The summed E-state index contributed by atoms with van der Waals surface area (Å²) in [5.41, 5.74) is 1.17. The minimum absolute atomic E-state index is 0. The topological polar surface area (TPSA) is 9.23 Å². The van der Waals surface area contributed by atoms with Gasteiger partial charge in [-0.05, 0) is 12.1 Å². The molecular formula is C9H8OTiW. The second-order valence-electron chi connectivity index (χ2n) is 2.25. The van der Waals surface area contributed by atoms with E-state index in [2.05, 4.69) is 6.08 Å². The van der Waals surface area contributed by atoms with Gasteiger partial charge in [-0.2, -0.15) is 0 Å². The Balaban J connectivity index is 0.000000605. The first-order valence-corrected chi connectivity index (χ1v) is 3.35. The van der Waals surface area contributed by atoms with Crippen LogP contribution in [-0.2, 0) is 42.8 Å². The van der Waals surface area contributed by atoms with Crippen molar-refractivity contribution < 1.29 is 47.5 Å². The largest absolute Gasteiger partial charge is 0.489 e. The van der Waals surface area contributed by atoms with Crippen molar-refractivity contribution in [3.63, 3.8) is 0 Å². The van der Waals surface area contributed by atoms with Gasteiger partial charge in [0.2, 0.25) is 0 Å². The van der Waals surface area contributed by atoms with Gasteiger partial charge in [-0.25, -0.2) is 0 Å². The number of rotatable bonds is 0. The van der Waals surface area contributed by atoms with Crippen molar-refractivity contribution in [2.24, 2.45) is 0 Å². The first-order chi connectivity index (χ1) is 4.97. The van der Waals surface area contributed by atoms with E-state index in [1.54, 1.807) is 0 Å². The summed E-state index contributed by atoms with van der Waals surface area (Å²) in [6, 6.07) is 8.03. The molecule has 0 bridgehead atoms. The molecule has 12 heavy (non-hydrogen) atoms. The zero-order chi connectivity index (χ0) is 6.81. The van der Waals surface area contributed by atoms with Crippen LogP contribution in [0.5, 0.6) is 5.75 Å². The van der Waals surface area contributed by atoms with Crippen LogP contribution >= 0.6 is 0 Å². The first-order valence-electron chi connectivity index (χ1n) is 3.35. The zero-order valence-corrected chi connectivity index (χ0v) is 11.0. The Hall–Kier alpha value is 0.163. The molecule has 0 atom stereocenters. The van der Waals surface area contributed by atoms with Crippen molar-refractivity contribution in [2.75, 3.05) is 6.61 Å². The maximum Gasteiger partial charge on any atom is 0.126 e. The molecule has 0 spiro atoms. The van der Waals surface area contributed by atoms with Gasteiger partial charge in [0.1, 0.15) is 12.4 Å². The Morgan fingerprint density at radius 2 is 1.92 bits per heavy atom. The van der Waals surface area contributed by atoms with E-state index in [4.69, 9.17) is 4.74 Å². The molecule has 1 aliphatic heterocycles. The van der Waals surface area contributed by atoms with Gasteiger partial charge in [-0.1, -0.05) is 24.3 Å². The van der Waals surface area contributed by atoms with E-state index in [0.717, 1.165) is 5.75 Å². The molecular weight excluding hydrogens is 356 g/mol. The number of benzene rings is 1. The minimum atomic E-state index is 0. The average molecular weight is 364 g/mol. The SMILES string of the molecule is C1=Cc2ccccc2OC1.[Ti].[W]. The molecule has 0 unspecified atom stereocenters. The Kier molecular flexibility index (Phi) is 5.83. The molecule has 0 N–H and O–H groups in total. The van der Waals surface area contributed by atoms with Gasteiger partial charge in [0.15, 0.2) is 0 Å². The molecule has 1 nitrogen and oxygen atoms in total. The molecule has 0 radical (unpaired) electrons. The van der Waals surface area contributed by atoms with E-state index in [9.17, 15) is 0 Å². The summed E-state index contributed by atoms with van der Waals surface area (Å²) in [6.07, 6.45) is 4.10. The molecule has 1 aromatic carbocycles. The fraction of sp³-hybridized carbons (Fsp3) is 0.111. The molecule has 2 rings (SSSR count). The summed E-state index contributed by atoms with van der Waals surface area (Å²) in [4.78, 5) is 0. The number of ether oxygens (including phenoxy) is 1. The van der Waals surface area contributed by atoms with Crippen molar-refractivity contribution >= 4 is 6.08 Å². The smallest absolute Gasteiger partial charge is 0.126 e. The summed E-state index contributed by atoms with van der Waals surface area (Å²) in [7, 11) is 0. The van der Waals surface area contributed by atoms with Gasteiger partial charge in [-0.3, -0.25) is 0 Å². The maximum atomic E-state index is 5.34. The van der Waals surface area contributed by atoms with Crippen LogP contribution < -0.4 is 4.74 Å². The molecule has 3 heteroatoms. The molecule has 0 saturated carbocycles. The van der Waals surface area contributed by atoms with Crippen molar-refractivity contribution in [3.05, 3.63) is 35.9 Å². The van der Waals surface area contributed by atoms with E-state index in [1.807, 2.05) is 30.3 Å². The Morgan fingerprint density at radius 3 is 2.67 bits per heavy atom. The second-order valence-corrected chi connectivity index (χ2v) is 2.25. The van der Waals surface area contributed by atoms with Crippen molar-refractivity contribution in [1.82, 2.24) is 0 Å². The van der Waals surface area contributed by atoms with E-state index < -0.39 is 0 Å². The standard InChI is InChI=1S/C9H8O.Ti.W/c1-2-6-9-8(4-1)5-3-7-10-9;;/h1-6H,7H2;;. The maximum absolute atomic E-state index is 5.34. The predicted octanol–water partition coefficient (Wildman–Crippen LogP) is 2.09. The fourth-order valence-corrected chi connectivity index (χ4v) is 1.06. The number of para-hydroxylation sites is 1. The zero-order valence-electron chi connectivity index (χ0n) is 6.49. The van der Waals surface area contributed by atoms with Crippen molar-refractivity contribution in [1.29, 1.82) is 0 Å². The van der Waals surface area contributed by atoms with E-state index in [0.29, 0.717) is 6.61 Å². The quantitative estimate of drug-likeness (QED) is 0.641. The number of hydrogen-bond donors (Lipinski definition) is 0. The minimum Gasteiger partial charge on any atom is -0.489 e. The van der Waals surface area contributed by atoms with Gasteiger partial charge in [-0.15, -0.1) is 0 Å². The molecule has 1 aromatic rings. The van der Waals surface area contributed by atoms with Crippen LogP contribution in [0.4, 0.5) is 0 Å². The first kappa shape index (κ1) is 12.2. The molecule has 0 amide bonds. The van der Waals surface area contributed by atoms with Gasteiger partial charge in [0, 0.05) is 48.3 Å². The average Bonchev–Trinajstić information content (AvgIpc) is 2.05.